The monoisotopic (exact) mass is 844 g/mol. The Morgan fingerprint density at radius 3 is 1.42 bits per heavy atom. The maximum absolute atomic E-state index is 12.6. The van der Waals surface area contributed by atoms with Gasteiger partial charge in [0, 0.05) is 19.6 Å². The number of carbonyl (C=O) groups is 1. The second-order valence-electron chi connectivity index (χ2n) is 14.9. The van der Waals surface area contributed by atoms with Crippen LogP contribution in [0.5, 0.6) is 0 Å². The van der Waals surface area contributed by atoms with Crippen LogP contribution in [0.1, 0.15) is 174 Å². The third kappa shape index (κ3) is 46.3. The average Bonchev–Trinajstić information content (AvgIpc) is 3.23. The number of phosphoric acid groups is 1. The maximum atomic E-state index is 12.6. The van der Waals surface area contributed by atoms with Gasteiger partial charge in [-0.2, -0.15) is 0 Å². The van der Waals surface area contributed by atoms with Gasteiger partial charge in [-0.1, -0.05) is 169 Å². The van der Waals surface area contributed by atoms with E-state index in [1.54, 1.807) is 0 Å². The van der Waals surface area contributed by atoms with Crippen molar-refractivity contribution in [2.75, 3.05) is 33.0 Å². The first-order valence-corrected chi connectivity index (χ1v) is 24.7. The van der Waals surface area contributed by atoms with Gasteiger partial charge in [-0.15, -0.1) is 0 Å². The van der Waals surface area contributed by atoms with Crippen molar-refractivity contribution < 1.29 is 32.8 Å². The SMILES string of the molecule is CC/C=C\C/C=C\C/C=C\C/C=C\C/C=C\C/C=C\CCCCCOCC(COP(=O)(O)OCCN)OC(=O)CCCCCCCCC/C=C\C/C=C\CCCCCC. The summed E-state index contributed by atoms with van der Waals surface area (Å²) in [5.41, 5.74) is 5.37. The number of nitrogens with two attached hydrogens (primary N) is 1. The lowest BCUT2D eigenvalue weighted by atomic mass is 10.1. The van der Waals surface area contributed by atoms with Gasteiger partial charge in [0.25, 0.3) is 0 Å². The molecule has 2 atom stereocenters. The van der Waals surface area contributed by atoms with E-state index in [0.29, 0.717) is 13.0 Å². The predicted molar refractivity (Wildman–Crippen MR) is 251 cm³/mol. The van der Waals surface area contributed by atoms with Gasteiger partial charge in [-0.25, -0.2) is 4.57 Å². The van der Waals surface area contributed by atoms with Crippen molar-refractivity contribution in [2.24, 2.45) is 5.73 Å². The Hall–Kier alpha value is -2.58. The summed E-state index contributed by atoms with van der Waals surface area (Å²) in [6.07, 6.45) is 61.4. The lowest BCUT2D eigenvalue weighted by Gasteiger charge is -2.20. The highest BCUT2D eigenvalue weighted by Crippen LogP contribution is 2.43. The van der Waals surface area contributed by atoms with Gasteiger partial charge in [0.15, 0.2) is 0 Å². The maximum Gasteiger partial charge on any atom is 0.472 e. The molecule has 0 radical (unpaired) electrons. The van der Waals surface area contributed by atoms with Gasteiger partial charge >= 0.3 is 13.8 Å². The minimum Gasteiger partial charge on any atom is -0.457 e. The van der Waals surface area contributed by atoms with Crippen LogP contribution in [0, 0.1) is 0 Å². The van der Waals surface area contributed by atoms with Crippen molar-refractivity contribution in [1.82, 2.24) is 0 Å². The molecule has 0 spiro atoms. The van der Waals surface area contributed by atoms with E-state index in [2.05, 4.69) is 111 Å². The third-order valence-electron chi connectivity index (χ3n) is 9.24. The van der Waals surface area contributed by atoms with Crippen molar-refractivity contribution in [1.29, 1.82) is 0 Å². The summed E-state index contributed by atoms with van der Waals surface area (Å²) in [4.78, 5) is 22.5. The van der Waals surface area contributed by atoms with Gasteiger partial charge < -0.3 is 20.1 Å². The molecular weight excluding hydrogens is 758 g/mol. The van der Waals surface area contributed by atoms with E-state index in [1.165, 1.54) is 57.8 Å². The smallest absolute Gasteiger partial charge is 0.457 e. The van der Waals surface area contributed by atoms with E-state index < -0.39 is 13.9 Å². The molecule has 0 aliphatic rings. The molecule has 0 bridgehead atoms. The van der Waals surface area contributed by atoms with Crippen LogP contribution in [0.25, 0.3) is 0 Å². The summed E-state index contributed by atoms with van der Waals surface area (Å²) in [5.74, 6) is -0.354. The summed E-state index contributed by atoms with van der Waals surface area (Å²) < 4.78 is 33.5. The first-order chi connectivity index (χ1) is 28.9. The molecule has 2 unspecified atom stereocenters. The van der Waals surface area contributed by atoms with Gasteiger partial charge in [0.1, 0.15) is 6.10 Å². The Kier molecular flexibility index (Phi) is 44.5. The molecule has 0 saturated carbocycles. The van der Waals surface area contributed by atoms with E-state index in [1.807, 2.05) is 0 Å². The second kappa shape index (κ2) is 46.5. The Morgan fingerprint density at radius 1 is 0.525 bits per heavy atom. The molecular formula is C50H86NO7P. The summed E-state index contributed by atoms with van der Waals surface area (Å²) >= 11 is 0. The van der Waals surface area contributed by atoms with Crippen molar-refractivity contribution >= 4 is 13.8 Å². The van der Waals surface area contributed by atoms with Gasteiger partial charge in [-0.3, -0.25) is 13.8 Å². The minimum atomic E-state index is -4.30. The van der Waals surface area contributed by atoms with Crippen LogP contribution in [0.4, 0.5) is 0 Å². The number of allylic oxidation sites excluding steroid dienone is 16. The third-order valence-corrected chi connectivity index (χ3v) is 10.2. The van der Waals surface area contributed by atoms with E-state index in [9.17, 15) is 14.3 Å². The molecule has 0 aliphatic heterocycles. The summed E-state index contributed by atoms with van der Waals surface area (Å²) in [6, 6.07) is 0. The van der Waals surface area contributed by atoms with E-state index in [4.69, 9.17) is 24.3 Å². The van der Waals surface area contributed by atoms with E-state index in [0.717, 1.165) is 96.3 Å². The lowest BCUT2D eigenvalue weighted by molar-refractivity contribution is -0.154. The number of unbranched alkanes of at least 4 members (excludes halogenated alkanes) is 14. The summed E-state index contributed by atoms with van der Waals surface area (Å²) in [5, 5.41) is 0. The molecule has 0 amide bonds. The van der Waals surface area contributed by atoms with Crippen LogP contribution in [-0.4, -0.2) is 49.9 Å². The van der Waals surface area contributed by atoms with Crippen molar-refractivity contribution in [2.45, 2.75) is 180 Å². The largest absolute Gasteiger partial charge is 0.472 e. The number of rotatable bonds is 43. The zero-order chi connectivity index (χ0) is 43.0. The van der Waals surface area contributed by atoms with Crippen molar-refractivity contribution in [3.8, 4) is 0 Å². The minimum absolute atomic E-state index is 0.0841. The quantitative estimate of drug-likeness (QED) is 0.0270. The number of carbonyl (C=O) groups excluding carboxylic acids is 1. The van der Waals surface area contributed by atoms with Crippen LogP contribution < -0.4 is 5.73 Å². The highest BCUT2D eigenvalue weighted by molar-refractivity contribution is 7.47. The molecule has 0 aromatic heterocycles. The molecule has 8 nitrogen and oxygen atoms in total. The molecule has 0 saturated heterocycles. The van der Waals surface area contributed by atoms with Crippen molar-refractivity contribution in [3.63, 3.8) is 0 Å². The number of hydrogen-bond acceptors (Lipinski definition) is 7. The number of esters is 1. The Bertz CT molecular complexity index is 1220. The first-order valence-electron chi connectivity index (χ1n) is 23.2. The topological polar surface area (TPSA) is 117 Å². The highest BCUT2D eigenvalue weighted by Gasteiger charge is 2.25. The molecule has 3 N–H and O–H groups in total. The van der Waals surface area contributed by atoms with Crippen LogP contribution in [0.3, 0.4) is 0 Å². The van der Waals surface area contributed by atoms with E-state index >= 15 is 0 Å². The van der Waals surface area contributed by atoms with E-state index in [-0.39, 0.29) is 32.3 Å². The standard InChI is InChI=1S/C50H86NO7P/c1-3-5-7-9-11-13-15-17-19-21-23-24-25-26-28-30-32-34-36-38-40-42-45-55-47-49(48-57-59(53,54)56-46-44-51)58-50(52)43-41-39-37-35-33-31-29-27-22-20-18-16-14-12-10-8-6-4-2/h5,7,11,13-14,16-17,19-20,22-24,26,28,32,34,49H,3-4,6,8-10,12,15,18,21,25,27,29-31,33,35-48,51H2,1-2H3,(H,53,54)/b7-5-,13-11-,16-14-,19-17-,22-20-,24-23-,28-26-,34-32-. The molecule has 9 heteroatoms. The summed E-state index contributed by atoms with van der Waals surface area (Å²) in [7, 11) is -4.30. The summed E-state index contributed by atoms with van der Waals surface area (Å²) in [6.45, 7) is 4.67. The molecule has 0 aromatic rings. The number of ether oxygens (including phenoxy) is 2. The van der Waals surface area contributed by atoms with Crippen LogP contribution in [-0.2, 0) is 27.9 Å². The van der Waals surface area contributed by atoms with Gasteiger partial charge in [-0.05, 0) is 96.3 Å². The normalized spacial score (nSPS) is 14.3. The predicted octanol–water partition coefficient (Wildman–Crippen LogP) is 14.2. The Balaban J connectivity index is 4.12. The van der Waals surface area contributed by atoms with Crippen LogP contribution in [0.2, 0.25) is 0 Å². The molecule has 0 aromatic carbocycles. The number of hydrogen-bond donors (Lipinski definition) is 2. The first kappa shape index (κ1) is 56.4. The van der Waals surface area contributed by atoms with Crippen molar-refractivity contribution in [3.05, 3.63) is 97.2 Å². The van der Waals surface area contributed by atoms with Crippen LogP contribution >= 0.6 is 7.82 Å². The second-order valence-corrected chi connectivity index (χ2v) is 16.3. The highest BCUT2D eigenvalue weighted by atomic mass is 31.2. The molecule has 0 aliphatic carbocycles. The fourth-order valence-corrected chi connectivity index (χ4v) is 6.62. The average molecular weight is 844 g/mol. The van der Waals surface area contributed by atoms with Gasteiger partial charge in [0.05, 0.1) is 19.8 Å². The molecule has 59 heavy (non-hydrogen) atoms. The molecule has 0 fully saturated rings. The van der Waals surface area contributed by atoms with Gasteiger partial charge in [0.2, 0.25) is 0 Å². The molecule has 0 rings (SSSR count). The fraction of sp³-hybridized carbons (Fsp3) is 0.660. The van der Waals surface area contributed by atoms with Crippen LogP contribution in [0.15, 0.2) is 97.2 Å². The Morgan fingerprint density at radius 2 is 0.949 bits per heavy atom. The fourth-order valence-electron chi connectivity index (χ4n) is 5.85. The molecule has 0 heterocycles. The number of phosphoric ester groups is 1. The zero-order valence-electron chi connectivity index (χ0n) is 37.4. The zero-order valence-corrected chi connectivity index (χ0v) is 38.3. The Labute approximate surface area is 361 Å². The molecule has 338 valence electrons. The lowest BCUT2D eigenvalue weighted by Crippen LogP contribution is -2.28.